The molecule has 146 valence electrons. The second-order valence-electron chi connectivity index (χ2n) is 7.04. The van der Waals surface area contributed by atoms with Crippen LogP contribution >= 0.6 is 11.6 Å². The Bertz CT molecular complexity index is 1130. The van der Waals surface area contributed by atoms with Crippen molar-refractivity contribution in [1.82, 2.24) is 9.29 Å². The van der Waals surface area contributed by atoms with Crippen LogP contribution in [0.5, 0.6) is 0 Å². The minimum atomic E-state index is -3.59. The molecule has 5 nitrogen and oxygen atoms in total. The summed E-state index contributed by atoms with van der Waals surface area (Å²) in [4.78, 5) is 15.3. The number of sulfonamides is 1. The lowest BCUT2D eigenvalue weighted by molar-refractivity contribution is 0.112. The van der Waals surface area contributed by atoms with Crippen LogP contribution in [0.25, 0.3) is 22.2 Å². The van der Waals surface area contributed by atoms with Gasteiger partial charge in [0.15, 0.2) is 6.29 Å². The van der Waals surface area contributed by atoms with Gasteiger partial charge >= 0.3 is 0 Å². The Balaban J connectivity index is 1.83. The van der Waals surface area contributed by atoms with Crippen molar-refractivity contribution in [2.45, 2.75) is 30.6 Å². The molecule has 1 aromatic heterocycles. The van der Waals surface area contributed by atoms with E-state index in [-0.39, 0.29) is 4.90 Å². The minimum absolute atomic E-state index is 0.217. The number of benzene rings is 2. The second kappa shape index (κ2) is 7.70. The van der Waals surface area contributed by atoms with Gasteiger partial charge in [-0.05, 0) is 37.1 Å². The van der Waals surface area contributed by atoms with Crippen LogP contribution in [0.15, 0.2) is 47.4 Å². The quantitative estimate of drug-likeness (QED) is 0.617. The zero-order valence-electron chi connectivity index (χ0n) is 15.3. The highest BCUT2D eigenvalue weighted by atomic mass is 35.5. The van der Waals surface area contributed by atoms with Gasteiger partial charge < -0.3 is 4.98 Å². The number of hydrogen-bond donors (Lipinski definition) is 1. The van der Waals surface area contributed by atoms with Crippen molar-refractivity contribution >= 4 is 38.8 Å². The maximum Gasteiger partial charge on any atom is 0.243 e. The number of aromatic nitrogens is 1. The highest BCUT2D eigenvalue weighted by molar-refractivity contribution is 7.89. The Morgan fingerprint density at radius 3 is 2.39 bits per heavy atom. The van der Waals surface area contributed by atoms with Gasteiger partial charge in [0.25, 0.3) is 0 Å². The predicted molar refractivity (Wildman–Crippen MR) is 111 cm³/mol. The maximum absolute atomic E-state index is 13.1. The van der Waals surface area contributed by atoms with E-state index in [0.717, 1.165) is 32.0 Å². The summed E-state index contributed by atoms with van der Waals surface area (Å²) >= 11 is 6.30. The number of aldehydes is 1. The molecule has 1 aliphatic rings. The minimum Gasteiger partial charge on any atom is -0.354 e. The molecule has 1 N–H and O–H groups in total. The zero-order valence-corrected chi connectivity index (χ0v) is 16.9. The Morgan fingerprint density at radius 2 is 1.71 bits per heavy atom. The summed E-state index contributed by atoms with van der Waals surface area (Å²) in [5.74, 6) is 0. The standard InChI is InChI=1S/C21H21ClN2O3S/c22-19-8-4-3-7-16(19)21-18(14-25)17-13-15(9-10-20(17)23-21)28(26,27)24-11-5-1-2-6-12-24/h3-4,7-10,13-14,23H,1-2,5-6,11-12H2. The fourth-order valence-corrected chi connectivity index (χ4v) is 5.56. The summed E-state index contributed by atoms with van der Waals surface area (Å²) in [5, 5.41) is 1.11. The van der Waals surface area contributed by atoms with E-state index >= 15 is 0 Å². The molecule has 0 atom stereocenters. The lowest BCUT2D eigenvalue weighted by Crippen LogP contribution is -2.31. The van der Waals surface area contributed by atoms with Crippen molar-refractivity contribution in [3.63, 3.8) is 0 Å². The molecule has 7 heteroatoms. The first-order chi connectivity index (χ1) is 13.5. The van der Waals surface area contributed by atoms with Crippen LogP contribution in [0.3, 0.4) is 0 Å². The smallest absolute Gasteiger partial charge is 0.243 e. The van der Waals surface area contributed by atoms with Crippen molar-refractivity contribution in [3.8, 4) is 11.3 Å². The summed E-state index contributed by atoms with van der Waals surface area (Å²) in [7, 11) is -3.59. The lowest BCUT2D eigenvalue weighted by atomic mass is 10.1. The highest BCUT2D eigenvalue weighted by Crippen LogP contribution is 2.34. The van der Waals surface area contributed by atoms with Crippen LogP contribution in [-0.2, 0) is 10.0 Å². The fraction of sp³-hybridized carbons (Fsp3) is 0.286. The molecule has 1 aliphatic heterocycles. The zero-order chi connectivity index (χ0) is 19.7. The number of nitrogens with one attached hydrogen (secondary N) is 1. The molecule has 2 heterocycles. The SMILES string of the molecule is O=Cc1c(-c2ccccc2Cl)[nH]c2ccc(S(=O)(=O)N3CCCCCC3)cc12. The molecule has 0 amide bonds. The summed E-state index contributed by atoms with van der Waals surface area (Å²) in [6, 6.07) is 12.2. The predicted octanol–water partition coefficient (Wildman–Crippen LogP) is 4.87. The Labute approximate surface area is 169 Å². The van der Waals surface area contributed by atoms with Crippen molar-refractivity contribution in [2.75, 3.05) is 13.1 Å². The number of carbonyl (C=O) groups excluding carboxylic acids is 1. The number of hydrogen-bond acceptors (Lipinski definition) is 3. The Kier molecular flexibility index (Phi) is 5.27. The first kappa shape index (κ1) is 19.2. The fourth-order valence-electron chi connectivity index (χ4n) is 3.78. The van der Waals surface area contributed by atoms with Crippen molar-refractivity contribution in [3.05, 3.63) is 53.1 Å². The van der Waals surface area contributed by atoms with E-state index in [4.69, 9.17) is 11.6 Å². The average molecular weight is 417 g/mol. The first-order valence-corrected chi connectivity index (χ1v) is 11.2. The van der Waals surface area contributed by atoms with E-state index in [1.54, 1.807) is 28.6 Å². The number of rotatable bonds is 4. The highest BCUT2D eigenvalue weighted by Gasteiger charge is 2.26. The molecule has 0 bridgehead atoms. The number of fused-ring (bicyclic) bond motifs is 1. The third kappa shape index (κ3) is 3.36. The van der Waals surface area contributed by atoms with Gasteiger partial charge in [-0.25, -0.2) is 8.42 Å². The number of halogens is 1. The van der Waals surface area contributed by atoms with E-state index in [2.05, 4.69) is 4.98 Å². The van der Waals surface area contributed by atoms with Crippen LogP contribution in [0.2, 0.25) is 5.02 Å². The largest absolute Gasteiger partial charge is 0.354 e. The molecule has 3 aromatic rings. The number of H-pyrrole nitrogens is 1. The second-order valence-corrected chi connectivity index (χ2v) is 9.38. The summed E-state index contributed by atoms with van der Waals surface area (Å²) in [6.45, 7) is 1.08. The summed E-state index contributed by atoms with van der Waals surface area (Å²) in [5.41, 5.74) is 2.42. The normalized spacial score (nSPS) is 16.2. The molecule has 0 aliphatic carbocycles. The van der Waals surface area contributed by atoms with Gasteiger partial charge in [-0.1, -0.05) is 42.6 Å². The average Bonchev–Trinajstić information content (AvgIpc) is 2.85. The molecule has 2 aromatic carbocycles. The lowest BCUT2D eigenvalue weighted by Gasteiger charge is -2.20. The molecular formula is C21H21ClN2O3S. The molecule has 4 rings (SSSR count). The van der Waals surface area contributed by atoms with Crippen LogP contribution < -0.4 is 0 Å². The van der Waals surface area contributed by atoms with Crippen molar-refractivity contribution in [2.24, 2.45) is 0 Å². The molecule has 0 spiro atoms. The topological polar surface area (TPSA) is 70.2 Å². The molecule has 0 radical (unpaired) electrons. The van der Waals surface area contributed by atoms with Crippen LogP contribution in [0.4, 0.5) is 0 Å². The van der Waals surface area contributed by atoms with Crippen molar-refractivity contribution in [1.29, 1.82) is 0 Å². The monoisotopic (exact) mass is 416 g/mol. The van der Waals surface area contributed by atoms with E-state index < -0.39 is 10.0 Å². The molecule has 0 saturated carbocycles. The van der Waals surface area contributed by atoms with E-state index in [1.807, 2.05) is 18.2 Å². The molecular weight excluding hydrogens is 396 g/mol. The number of aromatic amines is 1. The van der Waals surface area contributed by atoms with E-state index in [9.17, 15) is 13.2 Å². The number of nitrogens with zero attached hydrogens (tertiary/aromatic N) is 1. The molecule has 0 unspecified atom stereocenters. The van der Waals surface area contributed by atoms with Gasteiger partial charge in [0.05, 0.1) is 10.6 Å². The molecule has 1 saturated heterocycles. The first-order valence-electron chi connectivity index (χ1n) is 9.38. The van der Waals surface area contributed by atoms with Gasteiger partial charge in [0, 0.05) is 40.1 Å². The maximum atomic E-state index is 13.1. The molecule has 1 fully saturated rings. The summed E-state index contributed by atoms with van der Waals surface area (Å²) in [6.07, 6.45) is 4.61. The van der Waals surface area contributed by atoms with E-state index in [0.29, 0.717) is 45.8 Å². The van der Waals surface area contributed by atoms with Gasteiger partial charge in [0.1, 0.15) is 0 Å². The van der Waals surface area contributed by atoms with Gasteiger partial charge in [0.2, 0.25) is 10.0 Å². The van der Waals surface area contributed by atoms with E-state index in [1.165, 1.54) is 0 Å². The molecule has 28 heavy (non-hydrogen) atoms. The third-order valence-corrected chi connectivity index (χ3v) is 7.50. The van der Waals surface area contributed by atoms with Crippen LogP contribution in [0.1, 0.15) is 36.0 Å². The van der Waals surface area contributed by atoms with Crippen LogP contribution in [-0.4, -0.2) is 37.1 Å². The van der Waals surface area contributed by atoms with Gasteiger partial charge in [-0.15, -0.1) is 0 Å². The number of carbonyl (C=O) groups is 1. The Morgan fingerprint density at radius 1 is 1.00 bits per heavy atom. The van der Waals surface area contributed by atoms with Gasteiger partial charge in [-0.3, -0.25) is 4.79 Å². The van der Waals surface area contributed by atoms with Crippen molar-refractivity contribution < 1.29 is 13.2 Å². The Hall–Kier alpha value is -2.15. The van der Waals surface area contributed by atoms with Gasteiger partial charge in [-0.2, -0.15) is 4.31 Å². The van der Waals surface area contributed by atoms with Crippen LogP contribution in [0, 0.1) is 0 Å². The third-order valence-electron chi connectivity index (χ3n) is 5.27. The summed E-state index contributed by atoms with van der Waals surface area (Å²) < 4.78 is 27.8.